The van der Waals surface area contributed by atoms with E-state index >= 15 is 0 Å². The summed E-state index contributed by atoms with van der Waals surface area (Å²) in [6.07, 6.45) is 2.75. The molecule has 1 atom stereocenters. The van der Waals surface area contributed by atoms with Gasteiger partial charge in [0.15, 0.2) is 0 Å². The third-order valence-electron chi connectivity index (χ3n) is 2.21. The van der Waals surface area contributed by atoms with Crippen LogP contribution in [0.2, 0.25) is 0 Å². The van der Waals surface area contributed by atoms with Crippen molar-refractivity contribution in [1.29, 1.82) is 0 Å². The Balaban J connectivity index is 2.37. The Bertz CT molecular complexity index is 349. The zero-order valence-electron chi connectivity index (χ0n) is 10.3. The molecule has 0 aliphatic heterocycles. The molecule has 0 saturated heterocycles. The van der Waals surface area contributed by atoms with Crippen LogP contribution in [0.5, 0.6) is 5.75 Å². The van der Waals surface area contributed by atoms with Gasteiger partial charge in [0, 0.05) is 25.2 Å². The van der Waals surface area contributed by atoms with Gasteiger partial charge in [-0.2, -0.15) is 0 Å². The molecule has 0 aliphatic carbocycles. The van der Waals surface area contributed by atoms with Gasteiger partial charge in [0.05, 0.1) is 19.2 Å². The molecule has 0 aliphatic rings. The first-order valence-electron chi connectivity index (χ1n) is 5.65. The van der Waals surface area contributed by atoms with Crippen molar-refractivity contribution >= 4 is 5.91 Å². The molecule has 0 aromatic carbocycles. The normalized spacial score (nSPS) is 11.9. The van der Waals surface area contributed by atoms with Crippen molar-refractivity contribution in [3.05, 3.63) is 24.0 Å². The minimum absolute atomic E-state index is 0.0356. The number of pyridine rings is 1. The van der Waals surface area contributed by atoms with Crippen molar-refractivity contribution in [2.24, 2.45) is 5.73 Å². The number of hydrogen-bond acceptors (Lipinski definition) is 4. The van der Waals surface area contributed by atoms with Gasteiger partial charge in [-0.3, -0.25) is 9.78 Å². The van der Waals surface area contributed by atoms with Crippen LogP contribution in [0, 0.1) is 0 Å². The fourth-order valence-electron chi connectivity index (χ4n) is 1.33. The van der Waals surface area contributed by atoms with Crippen LogP contribution in [0.4, 0.5) is 0 Å². The van der Waals surface area contributed by atoms with E-state index in [1.807, 2.05) is 19.1 Å². The Morgan fingerprint density at radius 2 is 2.35 bits per heavy atom. The summed E-state index contributed by atoms with van der Waals surface area (Å²) in [5.74, 6) is 0.633. The van der Waals surface area contributed by atoms with Gasteiger partial charge in [0.1, 0.15) is 5.75 Å². The minimum Gasteiger partial charge on any atom is -0.491 e. The summed E-state index contributed by atoms with van der Waals surface area (Å²) < 4.78 is 5.38. The summed E-state index contributed by atoms with van der Waals surface area (Å²) in [5.41, 5.74) is 6.62. The molecule has 1 unspecified atom stereocenters. The van der Waals surface area contributed by atoms with Crippen LogP contribution >= 0.6 is 0 Å². The molecule has 1 amide bonds. The van der Waals surface area contributed by atoms with Gasteiger partial charge >= 0.3 is 0 Å². The Kier molecular flexibility index (Phi) is 5.42. The summed E-state index contributed by atoms with van der Waals surface area (Å²) in [4.78, 5) is 15.2. The maximum atomic E-state index is 11.0. The van der Waals surface area contributed by atoms with E-state index in [-0.39, 0.29) is 11.9 Å². The standard InChI is InChI=1S/C12H19N3O2/c1-9(13)7-10-3-4-11(8-15-10)17-6-5-12(16)14-2/h3-4,8-9H,5-7,13H2,1-2H3,(H,14,16). The molecule has 1 aromatic rings. The smallest absolute Gasteiger partial charge is 0.223 e. The van der Waals surface area contributed by atoms with Crippen LogP contribution < -0.4 is 15.8 Å². The first-order chi connectivity index (χ1) is 8.11. The van der Waals surface area contributed by atoms with Crippen LogP contribution in [-0.4, -0.2) is 30.6 Å². The summed E-state index contributed by atoms with van der Waals surface area (Å²) in [6, 6.07) is 3.83. The van der Waals surface area contributed by atoms with Crippen molar-refractivity contribution < 1.29 is 9.53 Å². The summed E-state index contributed by atoms with van der Waals surface area (Å²) in [6.45, 7) is 2.30. The number of amides is 1. The molecular weight excluding hydrogens is 218 g/mol. The van der Waals surface area contributed by atoms with E-state index in [9.17, 15) is 4.79 Å². The highest BCUT2D eigenvalue weighted by Crippen LogP contribution is 2.10. The Morgan fingerprint density at radius 1 is 1.59 bits per heavy atom. The lowest BCUT2D eigenvalue weighted by atomic mass is 10.2. The van der Waals surface area contributed by atoms with Gasteiger partial charge in [0.2, 0.25) is 5.91 Å². The second-order valence-electron chi connectivity index (χ2n) is 3.94. The van der Waals surface area contributed by atoms with Crippen molar-refractivity contribution in [2.45, 2.75) is 25.8 Å². The monoisotopic (exact) mass is 237 g/mol. The lowest BCUT2D eigenvalue weighted by Gasteiger charge is -2.07. The van der Waals surface area contributed by atoms with Crippen molar-refractivity contribution in [2.75, 3.05) is 13.7 Å². The third-order valence-corrected chi connectivity index (χ3v) is 2.21. The molecule has 94 valence electrons. The van der Waals surface area contributed by atoms with E-state index < -0.39 is 0 Å². The molecule has 0 radical (unpaired) electrons. The molecule has 1 rings (SSSR count). The van der Waals surface area contributed by atoms with Gasteiger partial charge in [-0.1, -0.05) is 0 Å². The maximum absolute atomic E-state index is 11.0. The fourth-order valence-corrected chi connectivity index (χ4v) is 1.33. The molecule has 17 heavy (non-hydrogen) atoms. The number of carbonyl (C=O) groups excluding carboxylic acids is 1. The Morgan fingerprint density at radius 3 is 2.88 bits per heavy atom. The summed E-state index contributed by atoms with van der Waals surface area (Å²) in [5, 5.41) is 2.53. The van der Waals surface area contributed by atoms with Gasteiger partial charge in [-0.15, -0.1) is 0 Å². The molecule has 3 N–H and O–H groups in total. The average molecular weight is 237 g/mol. The highest BCUT2D eigenvalue weighted by atomic mass is 16.5. The number of nitrogens with zero attached hydrogens (tertiary/aromatic N) is 1. The lowest BCUT2D eigenvalue weighted by molar-refractivity contribution is -0.121. The molecule has 0 saturated carbocycles. The number of hydrogen-bond donors (Lipinski definition) is 2. The average Bonchev–Trinajstić information content (AvgIpc) is 2.30. The fraction of sp³-hybridized carbons (Fsp3) is 0.500. The van der Waals surface area contributed by atoms with Crippen LogP contribution in [0.15, 0.2) is 18.3 Å². The van der Waals surface area contributed by atoms with Crippen LogP contribution in [0.25, 0.3) is 0 Å². The second kappa shape index (κ2) is 6.85. The molecule has 0 bridgehead atoms. The van der Waals surface area contributed by atoms with Crippen LogP contribution in [0.3, 0.4) is 0 Å². The topological polar surface area (TPSA) is 77.2 Å². The van der Waals surface area contributed by atoms with Crippen molar-refractivity contribution in [1.82, 2.24) is 10.3 Å². The van der Waals surface area contributed by atoms with E-state index in [0.717, 1.165) is 12.1 Å². The molecule has 5 heteroatoms. The highest BCUT2D eigenvalue weighted by molar-refractivity contribution is 5.75. The molecule has 0 spiro atoms. The van der Waals surface area contributed by atoms with Gasteiger partial charge in [-0.25, -0.2) is 0 Å². The van der Waals surface area contributed by atoms with E-state index in [1.165, 1.54) is 0 Å². The number of nitrogens with one attached hydrogen (secondary N) is 1. The van der Waals surface area contributed by atoms with Crippen molar-refractivity contribution in [3.63, 3.8) is 0 Å². The molecular formula is C12H19N3O2. The first-order valence-corrected chi connectivity index (χ1v) is 5.65. The van der Waals surface area contributed by atoms with E-state index in [1.54, 1.807) is 13.2 Å². The third kappa shape index (κ3) is 5.31. The van der Waals surface area contributed by atoms with Gasteiger partial charge in [-0.05, 0) is 19.1 Å². The zero-order valence-corrected chi connectivity index (χ0v) is 10.3. The quantitative estimate of drug-likeness (QED) is 0.754. The summed E-state index contributed by atoms with van der Waals surface area (Å²) in [7, 11) is 1.60. The zero-order chi connectivity index (χ0) is 12.7. The molecule has 1 aromatic heterocycles. The maximum Gasteiger partial charge on any atom is 0.223 e. The minimum atomic E-state index is -0.0356. The lowest BCUT2D eigenvalue weighted by Crippen LogP contribution is -2.20. The Labute approximate surface area is 101 Å². The molecule has 5 nitrogen and oxygen atoms in total. The highest BCUT2D eigenvalue weighted by Gasteiger charge is 2.01. The SMILES string of the molecule is CNC(=O)CCOc1ccc(CC(C)N)nc1. The first kappa shape index (κ1) is 13.4. The Hall–Kier alpha value is -1.62. The summed E-state index contributed by atoms with van der Waals surface area (Å²) >= 11 is 0. The molecule has 0 fully saturated rings. The van der Waals surface area contributed by atoms with Gasteiger partial charge < -0.3 is 15.8 Å². The largest absolute Gasteiger partial charge is 0.491 e. The number of carbonyl (C=O) groups is 1. The van der Waals surface area contributed by atoms with Crippen LogP contribution in [-0.2, 0) is 11.2 Å². The van der Waals surface area contributed by atoms with Crippen LogP contribution in [0.1, 0.15) is 19.0 Å². The van der Waals surface area contributed by atoms with E-state index in [0.29, 0.717) is 18.8 Å². The van der Waals surface area contributed by atoms with E-state index in [2.05, 4.69) is 10.3 Å². The number of ether oxygens (including phenoxy) is 1. The number of rotatable bonds is 6. The van der Waals surface area contributed by atoms with Gasteiger partial charge in [0.25, 0.3) is 0 Å². The second-order valence-corrected chi connectivity index (χ2v) is 3.94. The number of nitrogens with two attached hydrogens (primary N) is 1. The predicted octanol–water partition coefficient (Wildman–Crippen LogP) is 0.486. The number of aromatic nitrogens is 1. The van der Waals surface area contributed by atoms with Crippen molar-refractivity contribution in [3.8, 4) is 5.75 Å². The van der Waals surface area contributed by atoms with E-state index in [4.69, 9.17) is 10.5 Å². The molecule has 1 heterocycles. The predicted molar refractivity (Wildman–Crippen MR) is 65.8 cm³/mol.